The van der Waals surface area contributed by atoms with Gasteiger partial charge in [0.1, 0.15) is 0 Å². The van der Waals surface area contributed by atoms with E-state index in [0.717, 1.165) is 15.8 Å². The molecule has 0 aromatic heterocycles. The number of carbonyl (C=O) groups is 1. The highest BCUT2D eigenvalue weighted by atomic mass is 79.9. The molecule has 5 heteroatoms. The Hall–Kier alpha value is -1.07. The van der Waals surface area contributed by atoms with Gasteiger partial charge in [-0.05, 0) is 31.0 Å². The van der Waals surface area contributed by atoms with E-state index in [0.29, 0.717) is 19.3 Å². The fraction of sp³-hybridized carbons (Fsp3) is 0.462. The van der Waals surface area contributed by atoms with Crippen molar-refractivity contribution in [3.05, 3.63) is 22.7 Å². The fourth-order valence-electron chi connectivity index (χ4n) is 1.61. The number of anilines is 2. The summed E-state index contributed by atoms with van der Waals surface area (Å²) >= 11 is 3.40. The van der Waals surface area contributed by atoms with Gasteiger partial charge in [-0.2, -0.15) is 0 Å². The Bertz CT molecular complexity index is 408. The summed E-state index contributed by atoms with van der Waals surface area (Å²) in [5, 5.41) is 11.6. The number of halogens is 1. The maximum atomic E-state index is 11.7. The van der Waals surface area contributed by atoms with Crippen molar-refractivity contribution in [2.45, 2.75) is 19.3 Å². The van der Waals surface area contributed by atoms with Crippen LogP contribution in [0.2, 0.25) is 0 Å². The summed E-state index contributed by atoms with van der Waals surface area (Å²) in [6.45, 7) is 0.132. The highest BCUT2D eigenvalue weighted by Crippen LogP contribution is 2.28. The predicted octanol–water partition coefficient (Wildman–Crippen LogP) is 2.62. The first-order valence-corrected chi connectivity index (χ1v) is 6.71. The van der Waals surface area contributed by atoms with Crippen LogP contribution in [0, 0.1) is 0 Å². The standard InChI is InChI=1S/C13H19BrN2O2/c1-16(2)12-7-6-10(14)9-11(12)15-13(18)5-3-4-8-17/h6-7,9,17H,3-5,8H2,1-2H3,(H,15,18). The Balaban J connectivity index is 2.70. The van der Waals surface area contributed by atoms with Crippen molar-refractivity contribution in [1.82, 2.24) is 0 Å². The van der Waals surface area contributed by atoms with E-state index in [9.17, 15) is 4.79 Å². The number of carbonyl (C=O) groups excluding carboxylic acids is 1. The van der Waals surface area contributed by atoms with Gasteiger partial charge in [0.2, 0.25) is 5.91 Å². The van der Waals surface area contributed by atoms with Crippen molar-refractivity contribution >= 4 is 33.2 Å². The first-order valence-electron chi connectivity index (χ1n) is 5.92. The molecule has 100 valence electrons. The van der Waals surface area contributed by atoms with Gasteiger partial charge in [0, 0.05) is 31.6 Å². The molecule has 0 radical (unpaired) electrons. The molecule has 1 amide bonds. The van der Waals surface area contributed by atoms with E-state index in [4.69, 9.17) is 5.11 Å². The molecule has 1 aromatic rings. The van der Waals surface area contributed by atoms with Gasteiger partial charge in [-0.25, -0.2) is 0 Å². The lowest BCUT2D eigenvalue weighted by atomic mass is 10.2. The number of amides is 1. The summed E-state index contributed by atoms with van der Waals surface area (Å²) in [6.07, 6.45) is 1.79. The second-order valence-corrected chi connectivity index (χ2v) is 5.20. The Morgan fingerprint density at radius 1 is 1.39 bits per heavy atom. The molecular weight excluding hydrogens is 296 g/mol. The number of nitrogens with one attached hydrogen (secondary N) is 1. The molecule has 0 aliphatic rings. The van der Waals surface area contributed by atoms with Gasteiger partial charge in [0.05, 0.1) is 11.4 Å². The average molecular weight is 315 g/mol. The van der Waals surface area contributed by atoms with Crippen LogP contribution in [0.5, 0.6) is 0 Å². The van der Waals surface area contributed by atoms with E-state index in [1.54, 1.807) is 0 Å². The van der Waals surface area contributed by atoms with Crippen LogP contribution < -0.4 is 10.2 Å². The third-order valence-electron chi connectivity index (χ3n) is 2.53. The first-order chi connectivity index (χ1) is 8.54. The van der Waals surface area contributed by atoms with Crippen LogP contribution in [0.25, 0.3) is 0 Å². The number of aliphatic hydroxyl groups excluding tert-OH is 1. The molecule has 2 N–H and O–H groups in total. The van der Waals surface area contributed by atoms with Gasteiger partial charge in [0.25, 0.3) is 0 Å². The maximum Gasteiger partial charge on any atom is 0.224 e. The number of unbranched alkanes of at least 4 members (excludes halogenated alkanes) is 1. The summed E-state index contributed by atoms with van der Waals surface area (Å²) in [5.41, 5.74) is 1.76. The Morgan fingerprint density at radius 2 is 2.11 bits per heavy atom. The molecule has 18 heavy (non-hydrogen) atoms. The van der Waals surface area contributed by atoms with Crippen LogP contribution in [0.15, 0.2) is 22.7 Å². The van der Waals surface area contributed by atoms with Crippen LogP contribution in [0.1, 0.15) is 19.3 Å². The van der Waals surface area contributed by atoms with Crippen molar-refractivity contribution in [3.8, 4) is 0 Å². The number of benzene rings is 1. The van der Waals surface area contributed by atoms with Crippen molar-refractivity contribution in [3.63, 3.8) is 0 Å². The zero-order valence-corrected chi connectivity index (χ0v) is 12.3. The quantitative estimate of drug-likeness (QED) is 0.794. The van der Waals surface area contributed by atoms with E-state index in [1.165, 1.54) is 0 Å². The van der Waals surface area contributed by atoms with Crippen LogP contribution in [-0.2, 0) is 4.79 Å². The molecule has 0 aliphatic carbocycles. The van der Waals surface area contributed by atoms with Crippen LogP contribution in [-0.4, -0.2) is 31.7 Å². The summed E-state index contributed by atoms with van der Waals surface area (Å²) in [7, 11) is 3.87. The van der Waals surface area contributed by atoms with Crippen LogP contribution in [0.4, 0.5) is 11.4 Å². The van der Waals surface area contributed by atoms with Crippen molar-refractivity contribution in [2.75, 3.05) is 30.9 Å². The van der Waals surface area contributed by atoms with Gasteiger partial charge in [-0.3, -0.25) is 4.79 Å². The van der Waals surface area contributed by atoms with E-state index < -0.39 is 0 Å². The highest BCUT2D eigenvalue weighted by molar-refractivity contribution is 9.10. The topological polar surface area (TPSA) is 52.6 Å². The molecule has 0 heterocycles. The molecule has 4 nitrogen and oxygen atoms in total. The number of aliphatic hydroxyl groups is 1. The predicted molar refractivity (Wildman–Crippen MR) is 78.0 cm³/mol. The normalized spacial score (nSPS) is 10.2. The zero-order chi connectivity index (χ0) is 13.5. The summed E-state index contributed by atoms with van der Waals surface area (Å²) < 4.78 is 0.929. The molecule has 0 saturated heterocycles. The largest absolute Gasteiger partial charge is 0.396 e. The molecule has 0 bridgehead atoms. The fourth-order valence-corrected chi connectivity index (χ4v) is 1.97. The molecular formula is C13H19BrN2O2. The maximum absolute atomic E-state index is 11.7. The number of nitrogens with zero attached hydrogens (tertiary/aromatic N) is 1. The van der Waals surface area contributed by atoms with Crippen LogP contribution in [0.3, 0.4) is 0 Å². The van der Waals surface area contributed by atoms with Gasteiger partial charge in [0.15, 0.2) is 0 Å². The second-order valence-electron chi connectivity index (χ2n) is 4.28. The first kappa shape index (κ1) is 15.0. The van der Waals surface area contributed by atoms with E-state index in [-0.39, 0.29) is 12.5 Å². The third-order valence-corrected chi connectivity index (χ3v) is 3.02. The van der Waals surface area contributed by atoms with Crippen LogP contribution >= 0.6 is 15.9 Å². The smallest absolute Gasteiger partial charge is 0.224 e. The van der Waals surface area contributed by atoms with Gasteiger partial charge >= 0.3 is 0 Å². The Kier molecular flexibility index (Phi) is 6.15. The lowest BCUT2D eigenvalue weighted by Gasteiger charge is -2.18. The van der Waals surface area contributed by atoms with Crippen molar-refractivity contribution in [1.29, 1.82) is 0 Å². The highest BCUT2D eigenvalue weighted by Gasteiger charge is 2.08. The van der Waals surface area contributed by atoms with E-state index >= 15 is 0 Å². The molecule has 0 aliphatic heterocycles. The minimum atomic E-state index is -0.0235. The summed E-state index contributed by atoms with van der Waals surface area (Å²) in [5.74, 6) is -0.0235. The third kappa shape index (κ3) is 4.66. The molecule has 0 saturated carbocycles. The number of hydrogen-bond acceptors (Lipinski definition) is 3. The summed E-state index contributed by atoms with van der Waals surface area (Å²) in [6, 6.07) is 5.78. The van der Waals surface area contributed by atoms with Gasteiger partial charge < -0.3 is 15.3 Å². The molecule has 1 aromatic carbocycles. The Morgan fingerprint density at radius 3 is 2.72 bits per heavy atom. The van der Waals surface area contributed by atoms with Gasteiger partial charge in [-0.1, -0.05) is 15.9 Å². The minimum absolute atomic E-state index is 0.0235. The number of hydrogen-bond donors (Lipinski definition) is 2. The number of rotatable bonds is 6. The molecule has 0 spiro atoms. The lowest BCUT2D eigenvalue weighted by Crippen LogP contribution is -2.16. The molecule has 0 fully saturated rings. The van der Waals surface area contributed by atoms with E-state index in [2.05, 4.69) is 21.2 Å². The molecule has 0 atom stereocenters. The lowest BCUT2D eigenvalue weighted by molar-refractivity contribution is -0.116. The van der Waals surface area contributed by atoms with Crippen molar-refractivity contribution < 1.29 is 9.90 Å². The zero-order valence-electron chi connectivity index (χ0n) is 10.7. The minimum Gasteiger partial charge on any atom is -0.396 e. The average Bonchev–Trinajstić information content (AvgIpc) is 2.29. The SMILES string of the molecule is CN(C)c1ccc(Br)cc1NC(=O)CCCCO. The molecule has 0 unspecified atom stereocenters. The Labute approximate surface area is 116 Å². The second kappa shape index (κ2) is 7.38. The van der Waals surface area contributed by atoms with Gasteiger partial charge in [-0.15, -0.1) is 0 Å². The summed E-state index contributed by atoms with van der Waals surface area (Å²) in [4.78, 5) is 13.7. The van der Waals surface area contributed by atoms with E-state index in [1.807, 2.05) is 37.2 Å². The molecule has 1 rings (SSSR count). The monoisotopic (exact) mass is 314 g/mol. The van der Waals surface area contributed by atoms with Crippen molar-refractivity contribution in [2.24, 2.45) is 0 Å².